The maximum Gasteiger partial charge on any atom is 0.215 e. The van der Waals surface area contributed by atoms with Crippen molar-refractivity contribution in [3.05, 3.63) is 71.1 Å². The fourth-order valence-corrected chi connectivity index (χ4v) is 2.92. The van der Waals surface area contributed by atoms with E-state index in [-0.39, 0.29) is 10.9 Å². The smallest absolute Gasteiger partial charge is 0.215 e. The molecule has 2 heterocycles. The van der Waals surface area contributed by atoms with Gasteiger partial charge in [-0.25, -0.2) is 13.2 Å². The average molecular weight is 390 g/mol. The van der Waals surface area contributed by atoms with Crippen LogP contribution in [0.3, 0.4) is 0 Å². The highest BCUT2D eigenvalue weighted by molar-refractivity contribution is 6.31. The van der Waals surface area contributed by atoms with Gasteiger partial charge in [-0.2, -0.15) is 0 Å². The van der Waals surface area contributed by atoms with Crippen molar-refractivity contribution in [2.45, 2.75) is 0 Å². The summed E-state index contributed by atoms with van der Waals surface area (Å²) >= 11 is 5.80. The molecule has 4 aromatic rings. The van der Waals surface area contributed by atoms with E-state index in [0.29, 0.717) is 33.6 Å². The van der Waals surface area contributed by atoms with Crippen LogP contribution in [-0.4, -0.2) is 4.98 Å². The van der Waals surface area contributed by atoms with Gasteiger partial charge in [0.05, 0.1) is 10.4 Å². The molecule has 0 fully saturated rings. The van der Waals surface area contributed by atoms with E-state index in [4.69, 9.17) is 21.8 Å². The van der Waals surface area contributed by atoms with E-state index >= 15 is 0 Å². The van der Waals surface area contributed by atoms with E-state index in [9.17, 15) is 13.2 Å². The monoisotopic (exact) mass is 389 g/mol. The van der Waals surface area contributed by atoms with Crippen LogP contribution in [0.4, 0.5) is 30.4 Å². The molecule has 0 saturated heterocycles. The Morgan fingerprint density at radius 2 is 1.74 bits per heavy atom. The minimum Gasteiger partial charge on any atom is -0.436 e. The molecule has 0 radical (unpaired) electrons. The number of aromatic nitrogens is 1. The van der Waals surface area contributed by atoms with Crippen LogP contribution in [0.5, 0.6) is 0 Å². The zero-order valence-electron chi connectivity index (χ0n) is 13.6. The number of hydrogen-bond acceptors (Lipinski definition) is 4. The summed E-state index contributed by atoms with van der Waals surface area (Å²) in [6.45, 7) is 0. The lowest BCUT2D eigenvalue weighted by Gasteiger charge is -2.06. The molecule has 0 aliphatic carbocycles. The minimum absolute atomic E-state index is 0.0458. The Kier molecular flexibility index (Phi) is 4.16. The molecule has 0 bridgehead atoms. The normalized spacial score (nSPS) is 11.1. The Labute approximate surface area is 156 Å². The number of fused-ring (bicyclic) bond motifs is 1. The molecule has 0 saturated carbocycles. The summed E-state index contributed by atoms with van der Waals surface area (Å²) in [4.78, 5) is 4.20. The van der Waals surface area contributed by atoms with Crippen LogP contribution >= 0.6 is 11.6 Å². The fraction of sp³-hybridized carbons (Fsp3) is 0. The number of nitrogen functional groups attached to an aromatic ring is 1. The van der Waals surface area contributed by atoms with Gasteiger partial charge in [0.15, 0.2) is 17.2 Å². The highest BCUT2D eigenvalue weighted by Gasteiger charge is 2.18. The number of hydrogen-bond donors (Lipinski definition) is 2. The van der Waals surface area contributed by atoms with Crippen molar-refractivity contribution in [3.8, 4) is 11.3 Å². The topological polar surface area (TPSA) is 64.1 Å². The lowest BCUT2D eigenvalue weighted by atomic mass is 10.1. The molecule has 4 nitrogen and oxygen atoms in total. The summed E-state index contributed by atoms with van der Waals surface area (Å²) in [5.41, 5.74) is 7.85. The molecule has 0 atom stereocenters. The van der Waals surface area contributed by atoms with Gasteiger partial charge < -0.3 is 15.5 Å². The summed E-state index contributed by atoms with van der Waals surface area (Å²) < 4.78 is 45.8. The Bertz CT molecular complexity index is 1180. The van der Waals surface area contributed by atoms with Crippen molar-refractivity contribution < 1.29 is 17.6 Å². The van der Waals surface area contributed by atoms with Crippen molar-refractivity contribution in [1.82, 2.24) is 4.98 Å². The van der Waals surface area contributed by atoms with Crippen molar-refractivity contribution >= 4 is 39.8 Å². The number of nitrogens with zero attached hydrogens (tertiary/aromatic N) is 1. The highest BCUT2D eigenvalue weighted by Crippen LogP contribution is 2.39. The predicted molar refractivity (Wildman–Crippen MR) is 98.5 cm³/mol. The van der Waals surface area contributed by atoms with Gasteiger partial charge in [0.1, 0.15) is 17.2 Å². The summed E-state index contributed by atoms with van der Waals surface area (Å²) in [5, 5.41) is 3.56. The van der Waals surface area contributed by atoms with Crippen LogP contribution in [0.1, 0.15) is 0 Å². The number of halogens is 4. The summed E-state index contributed by atoms with van der Waals surface area (Å²) in [7, 11) is 0. The molecule has 2 aromatic heterocycles. The van der Waals surface area contributed by atoms with Crippen molar-refractivity contribution in [1.29, 1.82) is 0 Å². The van der Waals surface area contributed by atoms with Gasteiger partial charge in [-0.05, 0) is 42.5 Å². The van der Waals surface area contributed by atoms with Crippen LogP contribution in [0, 0.1) is 17.5 Å². The van der Waals surface area contributed by atoms with Gasteiger partial charge in [0.2, 0.25) is 5.88 Å². The first-order valence-electron chi connectivity index (χ1n) is 7.78. The zero-order chi connectivity index (χ0) is 19.1. The third kappa shape index (κ3) is 3.06. The van der Waals surface area contributed by atoms with Crippen LogP contribution in [-0.2, 0) is 0 Å². The molecule has 27 heavy (non-hydrogen) atoms. The van der Waals surface area contributed by atoms with Crippen molar-refractivity contribution in [3.63, 3.8) is 0 Å². The van der Waals surface area contributed by atoms with Crippen molar-refractivity contribution in [2.24, 2.45) is 0 Å². The Hall–Kier alpha value is -3.19. The second-order valence-corrected chi connectivity index (χ2v) is 6.17. The lowest BCUT2D eigenvalue weighted by molar-refractivity contribution is 0.509. The standard InChI is InChI=1S/C19H11ClF3N3O/c20-12-8-10(2-4-13(12)21)26-17-11-5-6-25-16(18(11)27-19(17)24)9-1-3-14(22)15(23)7-9/h1-8,26H,24H2. The maximum absolute atomic E-state index is 13.6. The van der Waals surface area contributed by atoms with E-state index in [1.807, 2.05) is 0 Å². The molecule has 0 aliphatic rings. The van der Waals surface area contributed by atoms with Gasteiger partial charge in [-0.15, -0.1) is 0 Å². The molecule has 2 aromatic carbocycles. The van der Waals surface area contributed by atoms with Crippen LogP contribution in [0.2, 0.25) is 5.02 Å². The molecule has 4 rings (SSSR count). The Morgan fingerprint density at radius 1 is 0.963 bits per heavy atom. The summed E-state index contributed by atoms with van der Waals surface area (Å²) in [6.07, 6.45) is 1.50. The largest absolute Gasteiger partial charge is 0.436 e. The number of furan rings is 1. The maximum atomic E-state index is 13.6. The van der Waals surface area contributed by atoms with Crippen LogP contribution < -0.4 is 11.1 Å². The van der Waals surface area contributed by atoms with E-state index < -0.39 is 17.5 Å². The number of nitrogens with two attached hydrogens (primary N) is 1. The summed E-state index contributed by atoms with van der Waals surface area (Å²) in [6, 6.07) is 9.22. The molecule has 0 spiro atoms. The van der Waals surface area contributed by atoms with Gasteiger partial charge in [0, 0.05) is 17.4 Å². The Balaban J connectivity index is 1.83. The number of rotatable bonds is 3. The molecule has 0 amide bonds. The number of pyridine rings is 1. The fourth-order valence-electron chi connectivity index (χ4n) is 2.74. The first-order chi connectivity index (χ1) is 12.9. The third-order valence-electron chi connectivity index (χ3n) is 4.01. The van der Waals surface area contributed by atoms with Crippen molar-refractivity contribution in [2.75, 3.05) is 11.1 Å². The highest BCUT2D eigenvalue weighted by atomic mass is 35.5. The van der Waals surface area contributed by atoms with E-state index in [1.54, 1.807) is 6.07 Å². The molecular formula is C19H11ClF3N3O. The molecule has 0 aliphatic heterocycles. The van der Waals surface area contributed by atoms with E-state index in [2.05, 4.69) is 10.3 Å². The van der Waals surface area contributed by atoms with Gasteiger partial charge in [-0.3, -0.25) is 4.98 Å². The second-order valence-electron chi connectivity index (χ2n) is 5.76. The van der Waals surface area contributed by atoms with E-state index in [1.165, 1.54) is 30.5 Å². The quantitative estimate of drug-likeness (QED) is 0.458. The first kappa shape index (κ1) is 17.2. The summed E-state index contributed by atoms with van der Waals surface area (Å²) in [5.74, 6) is -2.44. The SMILES string of the molecule is Nc1oc2c(-c3ccc(F)c(F)c3)nccc2c1Nc1ccc(F)c(Cl)c1. The lowest BCUT2D eigenvalue weighted by Crippen LogP contribution is -1.94. The van der Waals surface area contributed by atoms with Gasteiger partial charge >= 0.3 is 0 Å². The molecule has 8 heteroatoms. The number of benzene rings is 2. The molecule has 3 N–H and O–H groups in total. The average Bonchev–Trinajstić information content (AvgIpc) is 2.96. The minimum atomic E-state index is -0.995. The van der Waals surface area contributed by atoms with Gasteiger partial charge in [-0.1, -0.05) is 11.6 Å². The number of anilines is 3. The third-order valence-corrected chi connectivity index (χ3v) is 4.30. The molecule has 0 unspecified atom stereocenters. The predicted octanol–water partition coefficient (Wildman–Crippen LogP) is 5.89. The molecular weight excluding hydrogens is 379 g/mol. The van der Waals surface area contributed by atoms with Crippen LogP contribution in [0.15, 0.2) is 53.1 Å². The molecule has 136 valence electrons. The van der Waals surface area contributed by atoms with E-state index in [0.717, 1.165) is 12.1 Å². The first-order valence-corrected chi connectivity index (χ1v) is 8.16. The van der Waals surface area contributed by atoms with Crippen LogP contribution in [0.25, 0.3) is 22.2 Å². The second kappa shape index (κ2) is 6.51. The number of nitrogens with one attached hydrogen (secondary N) is 1. The Morgan fingerprint density at radius 3 is 2.48 bits per heavy atom. The van der Waals surface area contributed by atoms with Gasteiger partial charge in [0.25, 0.3) is 0 Å². The zero-order valence-corrected chi connectivity index (χ0v) is 14.3.